The number of methoxy groups -OCH3 is 1. The molecule has 0 aliphatic carbocycles. The van der Waals surface area contributed by atoms with Gasteiger partial charge in [-0.2, -0.15) is 5.10 Å². The Bertz CT molecular complexity index is 956. The molecule has 0 heterocycles. The molecule has 2 aromatic rings. The maximum Gasteiger partial charge on any atom is 0.270 e. The standard InChI is InChI=1S/C17H20N4O5S/c1-4-12(2)18-19-16-10-7-14(21(22)23)11-17(16)27(24,25)20-13-5-8-15(26-3)9-6-13/h5-11,19-20H,4H2,1-3H3/b18-12-. The molecule has 0 bridgehead atoms. The number of sulfonamides is 1. The molecule has 10 heteroatoms. The van der Waals surface area contributed by atoms with Crippen LogP contribution in [-0.2, 0) is 10.0 Å². The Kier molecular flexibility index (Phi) is 6.35. The van der Waals surface area contributed by atoms with Crippen molar-refractivity contribution in [2.24, 2.45) is 5.10 Å². The number of rotatable bonds is 8. The van der Waals surface area contributed by atoms with Crippen molar-refractivity contribution in [3.8, 4) is 5.75 Å². The van der Waals surface area contributed by atoms with Crippen LogP contribution in [-0.4, -0.2) is 26.2 Å². The van der Waals surface area contributed by atoms with Crippen molar-refractivity contribution < 1.29 is 18.1 Å². The monoisotopic (exact) mass is 392 g/mol. The predicted octanol–water partition coefficient (Wildman–Crippen LogP) is 3.60. The first kappa shape index (κ1) is 20.2. The van der Waals surface area contributed by atoms with Gasteiger partial charge in [-0.3, -0.25) is 20.3 Å². The van der Waals surface area contributed by atoms with E-state index in [4.69, 9.17) is 4.74 Å². The lowest BCUT2D eigenvalue weighted by molar-refractivity contribution is -0.385. The largest absolute Gasteiger partial charge is 0.497 e. The van der Waals surface area contributed by atoms with E-state index in [9.17, 15) is 18.5 Å². The Labute approximate surface area is 157 Å². The van der Waals surface area contributed by atoms with Gasteiger partial charge in [0.15, 0.2) is 0 Å². The van der Waals surface area contributed by atoms with E-state index >= 15 is 0 Å². The molecule has 0 aliphatic heterocycles. The molecule has 0 amide bonds. The summed E-state index contributed by atoms with van der Waals surface area (Å²) in [5, 5.41) is 15.1. The lowest BCUT2D eigenvalue weighted by atomic mass is 10.3. The first-order valence-corrected chi connectivity index (χ1v) is 9.49. The molecule has 0 radical (unpaired) electrons. The van der Waals surface area contributed by atoms with Gasteiger partial charge in [0.2, 0.25) is 0 Å². The van der Waals surface area contributed by atoms with Gasteiger partial charge >= 0.3 is 0 Å². The van der Waals surface area contributed by atoms with Gasteiger partial charge in [-0.1, -0.05) is 6.92 Å². The number of ether oxygens (including phenoxy) is 1. The van der Waals surface area contributed by atoms with Gasteiger partial charge in [-0.25, -0.2) is 8.42 Å². The second-order valence-corrected chi connectivity index (χ2v) is 7.23. The fourth-order valence-electron chi connectivity index (χ4n) is 2.04. The number of non-ortho nitro benzene ring substituents is 1. The van der Waals surface area contributed by atoms with Crippen LogP contribution in [0.4, 0.5) is 17.1 Å². The summed E-state index contributed by atoms with van der Waals surface area (Å²) >= 11 is 0. The fraction of sp³-hybridized carbons (Fsp3) is 0.235. The average molecular weight is 392 g/mol. The molecule has 0 aliphatic rings. The van der Waals surface area contributed by atoms with Gasteiger partial charge < -0.3 is 4.74 Å². The third kappa shape index (κ3) is 5.17. The fourth-order valence-corrected chi connectivity index (χ4v) is 3.28. The summed E-state index contributed by atoms with van der Waals surface area (Å²) in [6.45, 7) is 3.68. The van der Waals surface area contributed by atoms with Crippen LogP contribution in [0.25, 0.3) is 0 Å². The van der Waals surface area contributed by atoms with Gasteiger partial charge in [0.05, 0.1) is 17.7 Å². The molecule has 0 aromatic heterocycles. The van der Waals surface area contributed by atoms with Gasteiger partial charge in [0.25, 0.3) is 15.7 Å². The maximum atomic E-state index is 12.8. The first-order valence-electron chi connectivity index (χ1n) is 8.01. The van der Waals surface area contributed by atoms with Crippen LogP contribution in [0, 0.1) is 10.1 Å². The molecule has 2 N–H and O–H groups in total. The van der Waals surface area contributed by atoms with Crippen LogP contribution in [0.2, 0.25) is 0 Å². The Morgan fingerprint density at radius 1 is 1.22 bits per heavy atom. The Hall–Kier alpha value is -3.14. The van der Waals surface area contributed by atoms with Crippen molar-refractivity contribution in [2.75, 3.05) is 17.3 Å². The molecule has 9 nitrogen and oxygen atoms in total. The second kappa shape index (κ2) is 8.49. The van der Waals surface area contributed by atoms with Gasteiger partial charge in [-0.15, -0.1) is 0 Å². The van der Waals surface area contributed by atoms with E-state index < -0.39 is 14.9 Å². The number of nitrogens with one attached hydrogen (secondary N) is 2. The lowest BCUT2D eigenvalue weighted by Gasteiger charge is -2.12. The highest BCUT2D eigenvalue weighted by molar-refractivity contribution is 7.92. The van der Waals surface area contributed by atoms with Gasteiger partial charge in [0.1, 0.15) is 10.6 Å². The summed E-state index contributed by atoms with van der Waals surface area (Å²) in [6.07, 6.45) is 0.673. The minimum atomic E-state index is -4.10. The van der Waals surface area contributed by atoms with Crippen LogP contribution < -0.4 is 14.9 Å². The average Bonchev–Trinajstić information content (AvgIpc) is 2.66. The SMILES string of the molecule is CC/C(C)=N\Nc1ccc([N+](=O)[O-])cc1S(=O)(=O)Nc1ccc(OC)cc1. The van der Waals surface area contributed by atoms with Gasteiger partial charge in [0, 0.05) is 23.5 Å². The number of nitro benzene ring substituents is 1. The van der Waals surface area contributed by atoms with E-state index in [1.54, 1.807) is 19.1 Å². The molecule has 0 saturated heterocycles. The van der Waals surface area contributed by atoms with Crippen LogP contribution in [0.1, 0.15) is 20.3 Å². The van der Waals surface area contributed by atoms with E-state index in [0.717, 1.165) is 11.8 Å². The number of anilines is 2. The molecule has 0 fully saturated rings. The van der Waals surface area contributed by atoms with Crippen LogP contribution >= 0.6 is 0 Å². The quantitative estimate of drug-likeness (QED) is 0.402. The van der Waals surface area contributed by atoms with Gasteiger partial charge in [-0.05, 0) is 43.7 Å². The Morgan fingerprint density at radius 2 is 1.89 bits per heavy atom. The van der Waals surface area contributed by atoms with E-state index in [2.05, 4.69) is 15.2 Å². The van der Waals surface area contributed by atoms with Crippen molar-refractivity contribution in [1.29, 1.82) is 0 Å². The van der Waals surface area contributed by atoms with E-state index in [1.165, 1.54) is 31.4 Å². The minimum absolute atomic E-state index is 0.134. The Morgan fingerprint density at radius 3 is 2.44 bits per heavy atom. The summed E-state index contributed by atoms with van der Waals surface area (Å²) in [5.41, 5.74) is 3.50. The first-order chi connectivity index (χ1) is 12.8. The topological polar surface area (TPSA) is 123 Å². The second-order valence-electron chi connectivity index (χ2n) is 5.58. The lowest BCUT2D eigenvalue weighted by Crippen LogP contribution is -2.15. The Balaban J connectivity index is 2.44. The highest BCUT2D eigenvalue weighted by Gasteiger charge is 2.22. The molecule has 0 spiro atoms. The predicted molar refractivity (Wildman–Crippen MR) is 104 cm³/mol. The zero-order valence-corrected chi connectivity index (χ0v) is 15.9. The maximum absolute atomic E-state index is 12.8. The molecule has 0 atom stereocenters. The zero-order valence-electron chi connectivity index (χ0n) is 15.1. The zero-order chi connectivity index (χ0) is 20.0. The molecule has 2 rings (SSSR count). The number of hydrazone groups is 1. The van der Waals surface area contributed by atoms with Crippen molar-refractivity contribution in [2.45, 2.75) is 25.2 Å². The number of hydrogen-bond acceptors (Lipinski definition) is 7. The normalized spacial score (nSPS) is 11.7. The molecule has 144 valence electrons. The molecule has 0 saturated carbocycles. The van der Waals surface area contributed by atoms with E-state index in [0.29, 0.717) is 17.9 Å². The molecular formula is C17H20N4O5S. The summed E-state index contributed by atoms with van der Waals surface area (Å²) in [6, 6.07) is 9.77. The third-order valence-corrected chi connectivity index (χ3v) is 5.11. The van der Waals surface area contributed by atoms with E-state index in [-0.39, 0.29) is 16.3 Å². The highest BCUT2D eigenvalue weighted by atomic mass is 32.2. The highest BCUT2D eigenvalue weighted by Crippen LogP contribution is 2.28. The molecule has 27 heavy (non-hydrogen) atoms. The smallest absolute Gasteiger partial charge is 0.270 e. The van der Waals surface area contributed by atoms with Crippen molar-refractivity contribution in [1.82, 2.24) is 0 Å². The third-order valence-electron chi connectivity index (χ3n) is 3.69. The molecular weight excluding hydrogens is 372 g/mol. The van der Waals surface area contributed by atoms with Crippen LogP contribution in [0.15, 0.2) is 52.5 Å². The van der Waals surface area contributed by atoms with Crippen molar-refractivity contribution >= 4 is 32.8 Å². The summed E-state index contributed by atoms with van der Waals surface area (Å²) < 4.78 is 33.1. The van der Waals surface area contributed by atoms with E-state index in [1.807, 2.05) is 6.92 Å². The van der Waals surface area contributed by atoms with Crippen molar-refractivity contribution in [3.63, 3.8) is 0 Å². The minimum Gasteiger partial charge on any atom is -0.497 e. The van der Waals surface area contributed by atoms with Crippen LogP contribution in [0.5, 0.6) is 5.75 Å². The summed E-state index contributed by atoms with van der Waals surface area (Å²) in [7, 11) is -2.60. The number of hydrogen-bond donors (Lipinski definition) is 2. The van der Waals surface area contributed by atoms with Crippen molar-refractivity contribution in [3.05, 3.63) is 52.6 Å². The summed E-state index contributed by atoms with van der Waals surface area (Å²) in [4.78, 5) is 10.1. The molecule has 0 unspecified atom stereocenters. The molecule has 2 aromatic carbocycles. The number of nitro groups is 1. The number of nitrogens with zero attached hydrogens (tertiary/aromatic N) is 2. The van der Waals surface area contributed by atoms with Crippen LogP contribution in [0.3, 0.4) is 0 Å². The number of benzene rings is 2. The summed E-state index contributed by atoms with van der Waals surface area (Å²) in [5.74, 6) is 0.569.